The zero-order valence-corrected chi connectivity index (χ0v) is 12.6. The smallest absolute Gasteiger partial charge is 0.297 e. The number of rotatable bonds is 2. The van der Waals surface area contributed by atoms with Crippen molar-refractivity contribution in [3.63, 3.8) is 0 Å². The Labute approximate surface area is 120 Å². The molecule has 0 unspecified atom stereocenters. The largest absolute Gasteiger partial charge is 0.332 e. The van der Waals surface area contributed by atoms with Crippen LogP contribution < -0.4 is 16.3 Å². The van der Waals surface area contributed by atoms with Crippen molar-refractivity contribution in [2.75, 3.05) is 11.6 Å². The molecule has 0 fully saturated rings. The summed E-state index contributed by atoms with van der Waals surface area (Å²) in [5.74, 6) is 0.621. The third kappa shape index (κ3) is 1.82. The zero-order chi connectivity index (χ0) is 15.3. The van der Waals surface area contributed by atoms with E-state index in [1.54, 1.807) is 12.1 Å². The molecule has 112 valence electrons. The van der Waals surface area contributed by atoms with Gasteiger partial charge in [-0.2, -0.15) is 10.1 Å². The van der Waals surface area contributed by atoms with Gasteiger partial charge in [0, 0.05) is 20.6 Å². The van der Waals surface area contributed by atoms with Gasteiger partial charge in [-0.1, -0.05) is 6.92 Å². The Hall–Kier alpha value is -2.38. The molecule has 3 rings (SSSR count). The second-order valence-electron chi connectivity index (χ2n) is 5.33. The van der Waals surface area contributed by atoms with Crippen LogP contribution in [0.2, 0.25) is 0 Å². The summed E-state index contributed by atoms with van der Waals surface area (Å²) in [5, 5.41) is 6.28. The lowest BCUT2D eigenvalue weighted by molar-refractivity contribution is 0.695. The van der Waals surface area contributed by atoms with Crippen LogP contribution in [0, 0.1) is 0 Å². The van der Waals surface area contributed by atoms with Gasteiger partial charge in [-0.25, -0.2) is 9.80 Å². The molecule has 0 amide bonds. The maximum atomic E-state index is 12.4. The topological polar surface area (TPSA) is 77.4 Å². The SMILES string of the molecule is CCCN1N=C(C)Cn2c1nc1c2c(=O)n(C)c(=O)n1C. The Bertz CT molecular complexity index is 869. The van der Waals surface area contributed by atoms with Crippen molar-refractivity contribution in [3.05, 3.63) is 20.8 Å². The summed E-state index contributed by atoms with van der Waals surface area (Å²) in [4.78, 5) is 28.9. The molecule has 0 aromatic carbocycles. The van der Waals surface area contributed by atoms with E-state index in [-0.39, 0.29) is 11.2 Å². The first kappa shape index (κ1) is 13.6. The Morgan fingerprint density at radius 2 is 1.90 bits per heavy atom. The van der Waals surface area contributed by atoms with Crippen LogP contribution in [0.25, 0.3) is 11.2 Å². The van der Waals surface area contributed by atoms with Crippen molar-refractivity contribution in [2.24, 2.45) is 19.2 Å². The molecule has 0 N–H and O–H groups in total. The summed E-state index contributed by atoms with van der Waals surface area (Å²) < 4.78 is 4.36. The average molecular weight is 290 g/mol. The number of hydrogen-bond acceptors (Lipinski definition) is 5. The number of aromatic nitrogens is 4. The van der Waals surface area contributed by atoms with E-state index >= 15 is 0 Å². The molecule has 0 saturated carbocycles. The third-order valence-corrected chi connectivity index (χ3v) is 3.67. The standard InChI is InChI=1S/C13H18N6O2/c1-5-6-19-12-14-10-9(18(12)7-8(2)15-19)11(20)17(4)13(21)16(10)3/h5-7H2,1-4H3. The van der Waals surface area contributed by atoms with Crippen molar-refractivity contribution >= 4 is 22.8 Å². The zero-order valence-electron chi connectivity index (χ0n) is 12.6. The van der Waals surface area contributed by atoms with Gasteiger partial charge < -0.3 is 0 Å². The van der Waals surface area contributed by atoms with E-state index < -0.39 is 0 Å². The van der Waals surface area contributed by atoms with Crippen LogP contribution in [0.3, 0.4) is 0 Å². The first-order valence-electron chi connectivity index (χ1n) is 6.93. The predicted molar refractivity (Wildman–Crippen MR) is 81.0 cm³/mol. The van der Waals surface area contributed by atoms with Crippen LogP contribution >= 0.6 is 0 Å². The highest BCUT2D eigenvalue weighted by Gasteiger charge is 2.25. The number of anilines is 1. The summed E-state index contributed by atoms with van der Waals surface area (Å²) in [6, 6.07) is 0. The molecule has 0 radical (unpaired) electrons. The van der Waals surface area contributed by atoms with E-state index in [0.29, 0.717) is 23.7 Å². The van der Waals surface area contributed by atoms with E-state index in [0.717, 1.165) is 23.2 Å². The fraction of sp³-hybridized carbons (Fsp3) is 0.538. The summed E-state index contributed by atoms with van der Waals surface area (Å²) in [6.45, 7) is 5.21. The van der Waals surface area contributed by atoms with Gasteiger partial charge in [0.1, 0.15) is 0 Å². The monoisotopic (exact) mass is 290 g/mol. The lowest BCUT2D eigenvalue weighted by Gasteiger charge is -2.24. The number of fused-ring (bicyclic) bond motifs is 3. The van der Waals surface area contributed by atoms with Crippen LogP contribution in [0.15, 0.2) is 14.7 Å². The third-order valence-electron chi connectivity index (χ3n) is 3.67. The lowest BCUT2D eigenvalue weighted by atomic mass is 10.3. The molecule has 2 aromatic heterocycles. The molecule has 0 bridgehead atoms. The molecular formula is C13H18N6O2. The Morgan fingerprint density at radius 3 is 2.57 bits per heavy atom. The minimum Gasteiger partial charge on any atom is -0.297 e. The van der Waals surface area contributed by atoms with Gasteiger partial charge in [0.15, 0.2) is 11.2 Å². The van der Waals surface area contributed by atoms with Gasteiger partial charge >= 0.3 is 5.69 Å². The number of hydrazone groups is 1. The van der Waals surface area contributed by atoms with Crippen LogP contribution in [-0.2, 0) is 20.6 Å². The maximum absolute atomic E-state index is 12.4. The highest BCUT2D eigenvalue weighted by Crippen LogP contribution is 2.23. The van der Waals surface area contributed by atoms with Gasteiger partial charge in [-0.3, -0.25) is 18.5 Å². The minimum atomic E-state index is -0.373. The number of aryl methyl sites for hydroxylation is 1. The average Bonchev–Trinajstić information content (AvgIpc) is 2.82. The highest BCUT2D eigenvalue weighted by atomic mass is 16.2. The van der Waals surface area contributed by atoms with Crippen molar-refractivity contribution in [1.29, 1.82) is 0 Å². The van der Waals surface area contributed by atoms with E-state index in [1.807, 2.05) is 11.5 Å². The maximum Gasteiger partial charge on any atom is 0.332 e. The molecule has 1 aliphatic rings. The van der Waals surface area contributed by atoms with E-state index in [4.69, 9.17) is 0 Å². The summed E-state index contributed by atoms with van der Waals surface area (Å²) in [7, 11) is 3.11. The summed E-state index contributed by atoms with van der Waals surface area (Å²) in [6.07, 6.45) is 0.914. The van der Waals surface area contributed by atoms with Gasteiger partial charge in [0.2, 0.25) is 5.95 Å². The van der Waals surface area contributed by atoms with Crippen molar-refractivity contribution < 1.29 is 0 Å². The van der Waals surface area contributed by atoms with E-state index in [9.17, 15) is 9.59 Å². The first-order valence-corrected chi connectivity index (χ1v) is 6.93. The molecule has 0 spiro atoms. The second kappa shape index (κ2) is 4.57. The minimum absolute atomic E-state index is 0.321. The Balaban J connectivity index is 2.40. The normalized spacial score (nSPS) is 14.5. The van der Waals surface area contributed by atoms with Crippen LogP contribution in [0.5, 0.6) is 0 Å². The molecule has 0 saturated heterocycles. The second-order valence-corrected chi connectivity index (χ2v) is 5.33. The highest BCUT2D eigenvalue weighted by molar-refractivity contribution is 5.87. The molecular weight excluding hydrogens is 272 g/mol. The molecule has 1 aliphatic heterocycles. The van der Waals surface area contributed by atoms with Crippen LogP contribution in [-0.4, -0.2) is 30.9 Å². The fourth-order valence-electron chi connectivity index (χ4n) is 2.65. The van der Waals surface area contributed by atoms with E-state index in [1.165, 1.54) is 11.6 Å². The summed E-state index contributed by atoms with van der Waals surface area (Å²) >= 11 is 0. The van der Waals surface area contributed by atoms with Crippen molar-refractivity contribution in [1.82, 2.24) is 18.7 Å². The number of imidazole rings is 1. The number of hydrogen-bond donors (Lipinski definition) is 0. The van der Waals surface area contributed by atoms with Crippen LogP contribution in [0.4, 0.5) is 5.95 Å². The fourth-order valence-corrected chi connectivity index (χ4v) is 2.65. The Kier molecular flexibility index (Phi) is 2.96. The molecule has 21 heavy (non-hydrogen) atoms. The molecule has 0 atom stereocenters. The molecule has 8 heteroatoms. The van der Waals surface area contributed by atoms with Gasteiger partial charge in [0.25, 0.3) is 5.56 Å². The molecule has 2 aromatic rings. The van der Waals surface area contributed by atoms with Crippen molar-refractivity contribution in [2.45, 2.75) is 26.8 Å². The number of nitrogens with zero attached hydrogens (tertiary/aromatic N) is 6. The first-order chi connectivity index (χ1) is 9.95. The molecule has 3 heterocycles. The van der Waals surface area contributed by atoms with Crippen LogP contribution in [0.1, 0.15) is 20.3 Å². The van der Waals surface area contributed by atoms with Crippen molar-refractivity contribution in [3.8, 4) is 0 Å². The molecule has 0 aliphatic carbocycles. The van der Waals surface area contributed by atoms with Gasteiger partial charge in [-0.05, 0) is 13.3 Å². The van der Waals surface area contributed by atoms with E-state index in [2.05, 4.69) is 17.0 Å². The summed E-state index contributed by atoms with van der Waals surface area (Å²) in [5.41, 5.74) is 1.07. The lowest BCUT2D eigenvalue weighted by Crippen LogP contribution is -2.38. The molecule has 8 nitrogen and oxygen atoms in total. The van der Waals surface area contributed by atoms with Gasteiger partial charge in [-0.15, -0.1) is 0 Å². The van der Waals surface area contributed by atoms with Gasteiger partial charge in [0.05, 0.1) is 12.3 Å². The quantitative estimate of drug-likeness (QED) is 0.782. The predicted octanol–water partition coefficient (Wildman–Crippen LogP) is 0.0396. The Morgan fingerprint density at radius 1 is 1.19 bits per heavy atom.